The fraction of sp³-hybridized carbons (Fsp3) is 1.00. The zero-order valence-electron chi connectivity index (χ0n) is 84.4. The van der Waals surface area contributed by atoms with E-state index in [0.29, 0.717) is 151 Å². The van der Waals surface area contributed by atoms with Gasteiger partial charge in [0.1, 0.15) is 0 Å². The Bertz CT molecular complexity index is 1980. The van der Waals surface area contributed by atoms with Crippen LogP contribution in [0.1, 0.15) is 144 Å². The summed E-state index contributed by atoms with van der Waals surface area (Å²) in [6.07, 6.45) is 14.0. The lowest BCUT2D eigenvalue weighted by molar-refractivity contribution is -0.500. The lowest BCUT2D eigenvalue weighted by Gasteiger charge is -2.39. The molecule has 784 valence electrons. The second-order valence-corrected chi connectivity index (χ2v) is 34.0. The normalized spacial score (nSPS) is 16.0. The number of nitrogens with zero attached hydrogens (tertiary/aromatic N) is 8. The smallest absolute Gasteiger partial charge is 0.329 e. The van der Waals surface area contributed by atoms with Gasteiger partial charge in [-0.2, -0.15) is 0 Å². The van der Waals surface area contributed by atoms with E-state index in [4.69, 9.17) is 97.0 Å². The van der Waals surface area contributed by atoms with Crippen molar-refractivity contribution >= 4 is 0 Å². The molecular weight excluding hydrogens is 1680 g/mol. The number of rotatable bonds is 96. The van der Waals surface area contributed by atoms with Crippen LogP contribution in [0.4, 0.5) is 0 Å². The summed E-state index contributed by atoms with van der Waals surface area (Å²) in [5.41, 5.74) is 39.6. The van der Waals surface area contributed by atoms with Crippen molar-refractivity contribution in [2.75, 3.05) is 439 Å². The molecule has 4 aliphatic rings. The summed E-state index contributed by atoms with van der Waals surface area (Å²) in [6.45, 7) is 66.3. The molecule has 0 aromatic heterocycles. The SMILES string of the molecule is CCCN1CCN(CCOC(OCCN2CCN(CCN)CC2)(OCCN2CCN(CCN)CC2)OCCN2CCN(CCN)CC2)CC1.CCNCCNCCOC(OCCNCCNCC)(OCCNCCNCC)OCCNCCNCC.NCCNCCCCCCOC(OCCCCCCNCCN)(OCCCCCCNCCN)OCCCCCCNCCN. The Kier molecular flexibility index (Phi) is 90.7. The van der Waals surface area contributed by atoms with E-state index in [-0.39, 0.29) is 0 Å². The summed E-state index contributed by atoms with van der Waals surface area (Å²) in [5, 5.41) is 40.1. The van der Waals surface area contributed by atoms with Crippen molar-refractivity contribution in [1.82, 2.24) is 103 Å². The van der Waals surface area contributed by atoms with E-state index in [2.05, 4.69) is 138 Å². The van der Waals surface area contributed by atoms with Gasteiger partial charge in [-0.1, -0.05) is 86.0 Å². The van der Waals surface area contributed by atoms with Crippen LogP contribution in [0.25, 0.3) is 0 Å². The van der Waals surface area contributed by atoms with E-state index in [1.165, 1.54) is 13.0 Å². The molecule has 0 aromatic carbocycles. The minimum Gasteiger partial charge on any atom is -0.329 e. The Morgan fingerprint density at radius 3 is 0.542 bits per heavy atom. The summed E-state index contributed by atoms with van der Waals surface area (Å²) in [5.74, 6) is 0. The Hall–Kier alpha value is -1.56. The molecule has 4 saturated heterocycles. The average molecular weight is 1890 g/mol. The van der Waals surface area contributed by atoms with Gasteiger partial charge in [0, 0.05) is 301 Å². The first kappa shape index (κ1) is 126. The van der Waals surface area contributed by atoms with Crippen molar-refractivity contribution in [3.05, 3.63) is 0 Å². The number of piperazine rings is 4. The second-order valence-electron chi connectivity index (χ2n) is 34.0. The Balaban J connectivity index is 0.000000673. The third-order valence-electron chi connectivity index (χ3n) is 23.0. The van der Waals surface area contributed by atoms with E-state index >= 15 is 0 Å². The molecule has 0 amide bonds. The van der Waals surface area contributed by atoms with E-state index in [1.54, 1.807) is 0 Å². The molecule has 4 heterocycles. The zero-order chi connectivity index (χ0) is 94.5. The number of hydrogen-bond donors (Lipinski definition) is 19. The molecule has 0 aromatic rings. The summed E-state index contributed by atoms with van der Waals surface area (Å²) in [6, 6.07) is 0. The first-order valence-corrected chi connectivity index (χ1v) is 52.4. The van der Waals surface area contributed by atoms with Crippen LogP contribution in [0.5, 0.6) is 0 Å². The largest absolute Gasteiger partial charge is 0.412 e. The third-order valence-corrected chi connectivity index (χ3v) is 23.0. The molecule has 0 unspecified atom stereocenters. The van der Waals surface area contributed by atoms with Crippen LogP contribution in [0.3, 0.4) is 0 Å². The van der Waals surface area contributed by atoms with E-state index in [9.17, 15) is 0 Å². The zero-order valence-corrected chi connectivity index (χ0v) is 84.4. The fourth-order valence-electron chi connectivity index (χ4n) is 15.2. The average Bonchev–Trinajstić information content (AvgIpc) is 0.837. The standard InChI is InChI=1S/C34H73N11O4.C33H76N8O4.C25H60N8O4/c1-2-6-38-10-18-42(19-11-38)26-30-46-34(47-31-27-43-20-12-39(7-3-35)13-21-43,48-32-28-44-22-14-40(8-4-36)15-23-44)49-33-29-45-24-16-41(9-5-37)17-25-45;34-17-25-38-21-9-1-5-13-29-42-33(43-30-14-6-2-10-22-39-26-18-35,44-31-15-7-3-11-23-40-27-19-36)45-32-16-8-4-12-24-41-28-20-37;1-5-26-9-13-30-17-21-34-25(35-22-18-31-14-10-27-6-2,36-23-19-32-15-11-28-7-3)37-24-20-33-16-12-29-8-4/h2-33,35-37H2,1H3;38-41H,1-32,34-37H2;26-33H,5-24H2,1-4H3. The fourth-order valence-corrected chi connectivity index (χ4v) is 15.2. The van der Waals surface area contributed by atoms with Crippen molar-refractivity contribution in [2.45, 2.75) is 162 Å². The van der Waals surface area contributed by atoms with Gasteiger partial charge in [0.05, 0.1) is 79.3 Å². The monoisotopic (exact) mass is 1880 g/mol. The van der Waals surface area contributed by atoms with Crippen LogP contribution in [-0.2, 0) is 56.8 Å². The minimum absolute atomic E-state index is 0.404. The van der Waals surface area contributed by atoms with Crippen LogP contribution in [0.15, 0.2) is 0 Å². The van der Waals surface area contributed by atoms with Crippen molar-refractivity contribution in [3.63, 3.8) is 0 Å². The molecule has 4 aliphatic heterocycles. The van der Waals surface area contributed by atoms with Crippen molar-refractivity contribution in [2.24, 2.45) is 40.1 Å². The summed E-state index contributed by atoms with van der Waals surface area (Å²) in [4.78, 5) is 19.7. The molecule has 0 radical (unpaired) electrons. The van der Waals surface area contributed by atoms with Crippen LogP contribution in [0.2, 0.25) is 0 Å². The molecule has 0 saturated carbocycles. The predicted molar refractivity (Wildman–Crippen MR) is 536 cm³/mol. The molecule has 131 heavy (non-hydrogen) atoms. The minimum atomic E-state index is -1.54. The van der Waals surface area contributed by atoms with Gasteiger partial charge in [-0.3, -0.25) is 34.3 Å². The number of nitrogens with one attached hydrogen (secondary N) is 12. The molecule has 0 bridgehead atoms. The predicted octanol–water partition coefficient (Wildman–Crippen LogP) is -2.02. The molecule has 0 atom stereocenters. The highest BCUT2D eigenvalue weighted by molar-refractivity contribution is 4.77. The lowest BCUT2D eigenvalue weighted by atomic mass is 10.2. The summed E-state index contributed by atoms with van der Waals surface area (Å²) in [7, 11) is 0. The number of nitrogens with two attached hydrogens (primary N) is 7. The van der Waals surface area contributed by atoms with E-state index < -0.39 is 18.5 Å². The van der Waals surface area contributed by atoms with Gasteiger partial charge in [0.2, 0.25) is 0 Å². The molecule has 39 nitrogen and oxygen atoms in total. The number of unbranched alkanes of at least 4 members (excludes halogenated alkanes) is 12. The van der Waals surface area contributed by atoms with Gasteiger partial charge in [-0.15, -0.1) is 0 Å². The Labute approximate surface area is 797 Å². The number of hydrogen-bond acceptors (Lipinski definition) is 39. The highest BCUT2D eigenvalue weighted by atomic mass is 17.0. The molecular formula is C92H209N27O12. The highest BCUT2D eigenvalue weighted by Crippen LogP contribution is 2.24. The maximum absolute atomic E-state index is 6.58. The Morgan fingerprint density at radius 1 is 0.168 bits per heavy atom. The van der Waals surface area contributed by atoms with Crippen LogP contribution in [0, 0.1) is 0 Å². The van der Waals surface area contributed by atoms with Gasteiger partial charge >= 0.3 is 18.5 Å². The van der Waals surface area contributed by atoms with Crippen LogP contribution in [-0.4, -0.2) is 497 Å². The second kappa shape index (κ2) is 94.7. The highest BCUT2D eigenvalue weighted by Gasteiger charge is 2.40. The van der Waals surface area contributed by atoms with E-state index in [0.717, 1.165) is 384 Å². The maximum atomic E-state index is 6.58. The van der Waals surface area contributed by atoms with Gasteiger partial charge < -0.3 is 166 Å². The molecule has 0 spiro atoms. The van der Waals surface area contributed by atoms with Crippen LogP contribution >= 0.6 is 0 Å². The Morgan fingerprint density at radius 2 is 0.344 bits per heavy atom. The molecule has 4 rings (SSSR count). The number of likely N-dealkylation sites (N-methyl/N-ethyl adjacent to an activating group) is 4. The van der Waals surface area contributed by atoms with Crippen molar-refractivity contribution < 1.29 is 56.8 Å². The first-order valence-electron chi connectivity index (χ1n) is 52.4. The number of ether oxygens (including phenoxy) is 12. The van der Waals surface area contributed by atoms with Gasteiger partial charge in [-0.25, -0.2) is 0 Å². The van der Waals surface area contributed by atoms with Gasteiger partial charge in [0.25, 0.3) is 0 Å². The van der Waals surface area contributed by atoms with Crippen LogP contribution < -0.4 is 104 Å². The van der Waals surface area contributed by atoms with Gasteiger partial charge in [0.15, 0.2) is 0 Å². The lowest BCUT2D eigenvalue weighted by Crippen LogP contribution is -2.52. The third kappa shape index (κ3) is 74.1. The first-order chi connectivity index (χ1) is 64.5. The quantitative estimate of drug-likeness (QED) is 0.0231. The molecule has 26 N–H and O–H groups in total. The molecule has 39 heteroatoms. The molecule has 4 fully saturated rings. The van der Waals surface area contributed by atoms with Crippen molar-refractivity contribution in [1.29, 1.82) is 0 Å². The van der Waals surface area contributed by atoms with E-state index in [1.807, 2.05) is 0 Å². The topological polar surface area (TPSA) is 463 Å². The maximum Gasteiger partial charge on any atom is 0.412 e. The summed E-state index contributed by atoms with van der Waals surface area (Å²) >= 11 is 0. The summed E-state index contributed by atoms with van der Waals surface area (Å²) < 4.78 is 76.0. The van der Waals surface area contributed by atoms with Gasteiger partial charge in [-0.05, 0) is 117 Å². The van der Waals surface area contributed by atoms with Crippen molar-refractivity contribution in [3.8, 4) is 0 Å². The molecule has 0 aliphatic carbocycles.